The summed E-state index contributed by atoms with van der Waals surface area (Å²) < 4.78 is 51.1. The van der Waals surface area contributed by atoms with Crippen LogP contribution in [0.3, 0.4) is 0 Å². The lowest BCUT2D eigenvalue weighted by Gasteiger charge is -2.17. The first-order chi connectivity index (χ1) is 7.89. The summed E-state index contributed by atoms with van der Waals surface area (Å²) in [5.41, 5.74) is -1.49. The molecule has 6 heteroatoms. The first-order valence-electron chi connectivity index (χ1n) is 5.08. The number of hydrogen-bond donors (Lipinski definition) is 1. The fourth-order valence-corrected chi connectivity index (χ4v) is 1.91. The van der Waals surface area contributed by atoms with Gasteiger partial charge in [0, 0.05) is 5.41 Å². The van der Waals surface area contributed by atoms with Crippen LogP contribution in [0.2, 0.25) is 0 Å². The summed E-state index contributed by atoms with van der Waals surface area (Å²) in [4.78, 5) is 4.46. The number of nitrogens with two attached hydrogens (primary N) is 1. The van der Waals surface area contributed by atoms with Gasteiger partial charge in [-0.3, -0.25) is 0 Å². The van der Waals surface area contributed by atoms with Crippen LogP contribution in [0.1, 0.15) is 24.0 Å². The van der Waals surface area contributed by atoms with Gasteiger partial charge in [-0.15, -0.1) is 0 Å². The lowest BCUT2D eigenvalue weighted by atomic mass is 9.94. The van der Waals surface area contributed by atoms with Gasteiger partial charge < -0.3 is 4.84 Å². The number of halogens is 4. The maximum atomic E-state index is 13.6. The summed E-state index contributed by atoms with van der Waals surface area (Å²) in [7, 11) is 0. The van der Waals surface area contributed by atoms with E-state index in [-0.39, 0.29) is 12.2 Å². The van der Waals surface area contributed by atoms with E-state index in [4.69, 9.17) is 5.90 Å². The third-order valence-corrected chi connectivity index (χ3v) is 3.08. The molecule has 1 saturated carbocycles. The maximum Gasteiger partial charge on any atom is 0.416 e. The molecule has 1 aromatic carbocycles. The van der Waals surface area contributed by atoms with Crippen LogP contribution >= 0.6 is 0 Å². The molecule has 1 aliphatic carbocycles. The van der Waals surface area contributed by atoms with Crippen molar-refractivity contribution < 1.29 is 22.4 Å². The molecule has 0 aliphatic heterocycles. The molecule has 0 unspecified atom stereocenters. The fraction of sp³-hybridized carbons (Fsp3) is 0.455. The highest BCUT2D eigenvalue weighted by atomic mass is 19.4. The van der Waals surface area contributed by atoms with E-state index in [0.717, 1.165) is 18.2 Å². The Kier molecular flexibility index (Phi) is 2.87. The van der Waals surface area contributed by atoms with E-state index in [9.17, 15) is 17.6 Å². The molecule has 0 atom stereocenters. The summed E-state index contributed by atoms with van der Waals surface area (Å²) in [5.74, 6) is 4.28. The molecular formula is C11H11F4NO. The summed E-state index contributed by atoms with van der Waals surface area (Å²) >= 11 is 0. The first kappa shape index (κ1) is 12.3. The molecule has 0 aromatic heterocycles. The summed E-state index contributed by atoms with van der Waals surface area (Å²) in [6.45, 7) is 0.0330. The molecule has 0 radical (unpaired) electrons. The normalized spacial score (nSPS) is 18.2. The van der Waals surface area contributed by atoms with Crippen molar-refractivity contribution in [2.24, 2.45) is 5.90 Å². The fourth-order valence-electron chi connectivity index (χ4n) is 1.91. The SMILES string of the molecule is NOCC1(c2cc(C(F)(F)F)ccc2F)CC1. The Bertz CT molecular complexity index is 426. The van der Waals surface area contributed by atoms with Crippen molar-refractivity contribution in [3.63, 3.8) is 0 Å². The number of alkyl halides is 3. The minimum absolute atomic E-state index is 0.0330. The monoisotopic (exact) mass is 249 g/mol. The van der Waals surface area contributed by atoms with Gasteiger partial charge in [-0.2, -0.15) is 13.2 Å². The minimum Gasteiger partial charge on any atom is -0.304 e. The topological polar surface area (TPSA) is 35.2 Å². The van der Waals surface area contributed by atoms with Crippen molar-refractivity contribution in [3.8, 4) is 0 Å². The van der Waals surface area contributed by atoms with Crippen LogP contribution in [0.25, 0.3) is 0 Å². The van der Waals surface area contributed by atoms with Gasteiger partial charge in [0.25, 0.3) is 0 Å². The second-order valence-electron chi connectivity index (χ2n) is 4.28. The van der Waals surface area contributed by atoms with Gasteiger partial charge in [0.15, 0.2) is 0 Å². The third-order valence-electron chi connectivity index (χ3n) is 3.08. The van der Waals surface area contributed by atoms with Gasteiger partial charge in [0.2, 0.25) is 0 Å². The molecule has 17 heavy (non-hydrogen) atoms. The smallest absolute Gasteiger partial charge is 0.304 e. The van der Waals surface area contributed by atoms with Crippen molar-refractivity contribution in [2.45, 2.75) is 24.4 Å². The van der Waals surface area contributed by atoms with E-state index in [1.165, 1.54) is 0 Å². The summed E-state index contributed by atoms with van der Waals surface area (Å²) in [5, 5.41) is 0. The highest BCUT2D eigenvalue weighted by Gasteiger charge is 2.47. The Hall–Kier alpha value is -1.14. The standard InChI is InChI=1S/C11H11F4NO/c12-9-2-1-7(11(13,14)15)5-8(9)10(3-4-10)6-17-16/h1-2,5H,3-4,6,16H2. The van der Waals surface area contributed by atoms with E-state index < -0.39 is 23.0 Å². The lowest BCUT2D eigenvalue weighted by Crippen LogP contribution is -2.20. The van der Waals surface area contributed by atoms with Gasteiger partial charge in [0.05, 0.1) is 12.2 Å². The molecule has 2 nitrogen and oxygen atoms in total. The van der Waals surface area contributed by atoms with Crippen molar-refractivity contribution in [3.05, 3.63) is 35.1 Å². The Morgan fingerprint density at radius 3 is 2.41 bits per heavy atom. The van der Waals surface area contributed by atoms with Gasteiger partial charge in [0.1, 0.15) is 5.82 Å². The van der Waals surface area contributed by atoms with Crippen molar-refractivity contribution >= 4 is 0 Å². The summed E-state index contributed by atoms with van der Waals surface area (Å²) in [6.07, 6.45) is -3.30. The van der Waals surface area contributed by atoms with Gasteiger partial charge in [-0.25, -0.2) is 10.3 Å². The second-order valence-corrected chi connectivity index (χ2v) is 4.28. The zero-order chi connectivity index (χ0) is 12.7. The molecule has 1 fully saturated rings. The maximum absolute atomic E-state index is 13.6. The molecule has 0 bridgehead atoms. The molecule has 0 heterocycles. The van der Waals surface area contributed by atoms with Crippen molar-refractivity contribution in [2.75, 3.05) is 6.61 Å². The summed E-state index contributed by atoms with van der Waals surface area (Å²) in [6, 6.07) is 2.42. The van der Waals surface area contributed by atoms with Crippen molar-refractivity contribution in [1.82, 2.24) is 0 Å². The average molecular weight is 249 g/mol. The predicted octanol–water partition coefficient (Wildman–Crippen LogP) is 2.77. The quantitative estimate of drug-likeness (QED) is 0.660. The van der Waals surface area contributed by atoms with Gasteiger partial charge >= 0.3 is 6.18 Å². The molecule has 0 amide bonds. The Balaban J connectivity index is 2.40. The van der Waals surface area contributed by atoms with E-state index in [2.05, 4.69) is 4.84 Å². The largest absolute Gasteiger partial charge is 0.416 e. The molecular weight excluding hydrogens is 238 g/mol. The van der Waals surface area contributed by atoms with Crippen LogP contribution in [-0.2, 0) is 16.4 Å². The molecule has 0 saturated heterocycles. The zero-order valence-corrected chi connectivity index (χ0v) is 8.85. The van der Waals surface area contributed by atoms with Crippen LogP contribution in [0.15, 0.2) is 18.2 Å². The van der Waals surface area contributed by atoms with E-state index in [1.54, 1.807) is 0 Å². The first-order valence-corrected chi connectivity index (χ1v) is 5.08. The van der Waals surface area contributed by atoms with Gasteiger partial charge in [-0.1, -0.05) is 0 Å². The number of benzene rings is 1. The molecule has 2 N–H and O–H groups in total. The number of hydrogen-bond acceptors (Lipinski definition) is 2. The van der Waals surface area contributed by atoms with Gasteiger partial charge in [-0.05, 0) is 36.6 Å². The third kappa shape index (κ3) is 2.28. The van der Waals surface area contributed by atoms with Crippen LogP contribution in [0.4, 0.5) is 17.6 Å². The molecule has 94 valence electrons. The molecule has 1 aliphatic rings. The van der Waals surface area contributed by atoms with Crippen molar-refractivity contribution in [1.29, 1.82) is 0 Å². The minimum atomic E-state index is -4.47. The highest BCUT2D eigenvalue weighted by molar-refractivity contribution is 5.37. The van der Waals surface area contributed by atoms with E-state index in [0.29, 0.717) is 12.8 Å². The molecule has 1 aromatic rings. The highest BCUT2D eigenvalue weighted by Crippen LogP contribution is 2.50. The number of rotatable bonds is 3. The van der Waals surface area contributed by atoms with E-state index in [1.807, 2.05) is 0 Å². The van der Waals surface area contributed by atoms with Crippen LogP contribution < -0.4 is 5.90 Å². The predicted molar refractivity (Wildman–Crippen MR) is 52.5 cm³/mol. The average Bonchev–Trinajstić information content (AvgIpc) is 2.98. The van der Waals surface area contributed by atoms with Crippen LogP contribution in [0.5, 0.6) is 0 Å². The Labute approximate surface area is 95.3 Å². The van der Waals surface area contributed by atoms with E-state index >= 15 is 0 Å². The van der Waals surface area contributed by atoms with Crippen LogP contribution in [0, 0.1) is 5.82 Å². The lowest BCUT2D eigenvalue weighted by molar-refractivity contribution is -0.137. The second kappa shape index (κ2) is 3.96. The zero-order valence-electron chi connectivity index (χ0n) is 8.85. The molecule has 0 spiro atoms. The Morgan fingerprint density at radius 2 is 1.94 bits per heavy atom. The van der Waals surface area contributed by atoms with Crippen LogP contribution in [-0.4, -0.2) is 6.61 Å². The molecule has 2 rings (SSSR count). The Morgan fingerprint density at radius 1 is 1.29 bits per heavy atom.